The standard InChI is InChI=1S/C23H34N2O3/c1-23(2,3)22(21-14-17-6-4-5-7-20(17)28-21)24-15-19(18-8-11-27-16-18)25-9-12-26-13-10-25/h4-7,14,18-19,22,24H,8-13,15-16H2,1-3H3/t18-,19+,22+/m0/s1. The Bertz CT molecular complexity index is 722. The van der Waals surface area contributed by atoms with E-state index in [1.165, 1.54) is 5.39 Å². The van der Waals surface area contributed by atoms with Gasteiger partial charge in [-0.1, -0.05) is 39.0 Å². The molecular formula is C23H34N2O3. The van der Waals surface area contributed by atoms with Gasteiger partial charge in [-0.25, -0.2) is 0 Å². The second-order valence-corrected chi connectivity index (χ2v) is 9.23. The summed E-state index contributed by atoms with van der Waals surface area (Å²) in [6, 6.07) is 11.1. The van der Waals surface area contributed by atoms with Crippen LogP contribution < -0.4 is 5.32 Å². The van der Waals surface area contributed by atoms with Crippen molar-refractivity contribution >= 4 is 11.0 Å². The Balaban J connectivity index is 1.53. The topological polar surface area (TPSA) is 46.9 Å². The Labute approximate surface area is 168 Å². The van der Waals surface area contributed by atoms with Crippen LogP contribution in [0.25, 0.3) is 11.0 Å². The SMILES string of the molecule is CC(C)(C)[C@H](NC[C@H]([C@H]1CCOC1)N1CCOCC1)c1cc2ccccc2o1. The quantitative estimate of drug-likeness (QED) is 0.817. The normalized spacial score (nSPS) is 23.9. The summed E-state index contributed by atoms with van der Waals surface area (Å²) in [6.45, 7) is 13.2. The van der Waals surface area contributed by atoms with Gasteiger partial charge in [0, 0.05) is 43.6 Å². The van der Waals surface area contributed by atoms with E-state index in [4.69, 9.17) is 13.9 Å². The number of para-hydroxylation sites is 1. The summed E-state index contributed by atoms with van der Waals surface area (Å²) in [5, 5.41) is 5.05. The third kappa shape index (κ3) is 4.43. The number of rotatable bonds is 6. The van der Waals surface area contributed by atoms with E-state index in [1.54, 1.807) is 0 Å². The maximum atomic E-state index is 6.24. The van der Waals surface area contributed by atoms with Crippen LogP contribution in [0.4, 0.5) is 0 Å². The summed E-state index contributed by atoms with van der Waals surface area (Å²) in [6.07, 6.45) is 1.15. The van der Waals surface area contributed by atoms with Crippen molar-refractivity contribution < 1.29 is 13.9 Å². The summed E-state index contributed by atoms with van der Waals surface area (Å²) < 4.78 is 17.5. The molecule has 0 radical (unpaired) electrons. The van der Waals surface area contributed by atoms with E-state index in [0.717, 1.165) is 63.8 Å². The summed E-state index contributed by atoms with van der Waals surface area (Å²) in [5.41, 5.74) is 1.01. The van der Waals surface area contributed by atoms with Gasteiger partial charge in [-0.05, 0) is 24.0 Å². The molecule has 0 saturated carbocycles. The zero-order valence-corrected chi connectivity index (χ0v) is 17.4. The lowest BCUT2D eigenvalue weighted by Gasteiger charge is -2.39. The molecule has 0 amide bonds. The van der Waals surface area contributed by atoms with Crippen LogP contribution in [0.1, 0.15) is 39.0 Å². The van der Waals surface area contributed by atoms with E-state index < -0.39 is 0 Å². The molecule has 5 nitrogen and oxygen atoms in total. The first-order valence-corrected chi connectivity index (χ1v) is 10.6. The average Bonchev–Trinajstić information content (AvgIpc) is 3.34. The largest absolute Gasteiger partial charge is 0.459 e. The fraction of sp³-hybridized carbons (Fsp3) is 0.652. The number of morpholine rings is 1. The molecule has 0 spiro atoms. The fourth-order valence-corrected chi connectivity index (χ4v) is 4.58. The van der Waals surface area contributed by atoms with Gasteiger partial charge in [0.1, 0.15) is 11.3 Å². The maximum Gasteiger partial charge on any atom is 0.134 e. The highest BCUT2D eigenvalue weighted by Crippen LogP contribution is 2.36. The van der Waals surface area contributed by atoms with Crippen molar-refractivity contribution in [3.63, 3.8) is 0 Å². The highest BCUT2D eigenvalue weighted by molar-refractivity contribution is 5.77. The van der Waals surface area contributed by atoms with Crippen LogP contribution in [0.3, 0.4) is 0 Å². The van der Waals surface area contributed by atoms with Crippen molar-refractivity contribution in [3.8, 4) is 0 Å². The molecule has 1 aromatic heterocycles. The molecule has 5 heteroatoms. The van der Waals surface area contributed by atoms with Crippen LogP contribution in [-0.4, -0.2) is 57.0 Å². The van der Waals surface area contributed by atoms with E-state index in [2.05, 4.69) is 49.2 Å². The van der Waals surface area contributed by atoms with E-state index in [0.29, 0.717) is 12.0 Å². The van der Waals surface area contributed by atoms with Gasteiger partial charge in [0.15, 0.2) is 0 Å². The predicted octanol–water partition coefficient (Wildman–Crippen LogP) is 3.85. The number of hydrogen-bond acceptors (Lipinski definition) is 5. The summed E-state index contributed by atoms with van der Waals surface area (Å²) in [5.74, 6) is 1.61. The number of ether oxygens (including phenoxy) is 2. The second kappa shape index (κ2) is 8.54. The highest BCUT2D eigenvalue weighted by atomic mass is 16.5. The monoisotopic (exact) mass is 386 g/mol. The lowest BCUT2D eigenvalue weighted by Crippen LogP contribution is -2.52. The molecule has 2 aliphatic rings. The number of nitrogens with one attached hydrogen (secondary N) is 1. The van der Waals surface area contributed by atoms with Gasteiger partial charge in [-0.15, -0.1) is 0 Å². The minimum Gasteiger partial charge on any atom is -0.459 e. The first-order chi connectivity index (χ1) is 13.5. The third-order valence-corrected chi connectivity index (χ3v) is 6.15. The summed E-state index contributed by atoms with van der Waals surface area (Å²) >= 11 is 0. The molecule has 4 rings (SSSR count). The molecule has 28 heavy (non-hydrogen) atoms. The molecule has 0 unspecified atom stereocenters. The fourth-order valence-electron chi connectivity index (χ4n) is 4.58. The van der Waals surface area contributed by atoms with Gasteiger partial charge < -0.3 is 19.2 Å². The van der Waals surface area contributed by atoms with Crippen LogP contribution >= 0.6 is 0 Å². The van der Waals surface area contributed by atoms with Crippen molar-refractivity contribution in [2.75, 3.05) is 46.1 Å². The zero-order valence-electron chi connectivity index (χ0n) is 17.4. The van der Waals surface area contributed by atoms with Crippen molar-refractivity contribution in [2.45, 2.75) is 39.3 Å². The minimum absolute atomic E-state index is 0.0512. The Morgan fingerprint density at radius 3 is 2.57 bits per heavy atom. The van der Waals surface area contributed by atoms with E-state index in [1.807, 2.05) is 12.1 Å². The number of furan rings is 1. The van der Waals surface area contributed by atoms with E-state index in [-0.39, 0.29) is 11.5 Å². The third-order valence-electron chi connectivity index (χ3n) is 6.15. The Morgan fingerprint density at radius 2 is 1.89 bits per heavy atom. The first kappa shape index (κ1) is 19.9. The first-order valence-electron chi connectivity index (χ1n) is 10.6. The van der Waals surface area contributed by atoms with Crippen LogP contribution in [0.2, 0.25) is 0 Å². The smallest absolute Gasteiger partial charge is 0.134 e. The average molecular weight is 387 g/mol. The molecule has 3 heterocycles. The number of nitrogens with zero attached hydrogens (tertiary/aromatic N) is 1. The van der Waals surface area contributed by atoms with Crippen molar-refractivity contribution in [2.24, 2.45) is 11.3 Å². The van der Waals surface area contributed by atoms with Gasteiger partial charge in [0.25, 0.3) is 0 Å². The van der Waals surface area contributed by atoms with E-state index >= 15 is 0 Å². The lowest BCUT2D eigenvalue weighted by atomic mass is 9.84. The zero-order chi connectivity index (χ0) is 19.6. The van der Waals surface area contributed by atoms with Crippen LogP contribution in [0.5, 0.6) is 0 Å². The molecule has 2 saturated heterocycles. The molecule has 0 aliphatic carbocycles. The molecule has 3 atom stereocenters. The van der Waals surface area contributed by atoms with Crippen LogP contribution in [-0.2, 0) is 9.47 Å². The summed E-state index contributed by atoms with van der Waals surface area (Å²) in [7, 11) is 0. The number of hydrogen-bond donors (Lipinski definition) is 1. The minimum atomic E-state index is 0.0512. The number of fused-ring (bicyclic) bond motifs is 1. The van der Waals surface area contributed by atoms with Gasteiger partial charge in [0.05, 0.1) is 25.9 Å². The molecule has 0 bridgehead atoms. The van der Waals surface area contributed by atoms with Crippen molar-refractivity contribution in [1.82, 2.24) is 10.2 Å². The Hall–Kier alpha value is -1.40. The van der Waals surface area contributed by atoms with Crippen LogP contribution in [0, 0.1) is 11.3 Å². The molecule has 1 aromatic carbocycles. The molecule has 1 N–H and O–H groups in total. The highest BCUT2D eigenvalue weighted by Gasteiger charge is 2.34. The second-order valence-electron chi connectivity index (χ2n) is 9.23. The molecule has 2 aromatic rings. The molecule has 2 fully saturated rings. The Kier molecular flexibility index (Phi) is 6.07. The van der Waals surface area contributed by atoms with Crippen molar-refractivity contribution in [3.05, 3.63) is 36.1 Å². The van der Waals surface area contributed by atoms with Gasteiger partial charge in [-0.3, -0.25) is 4.90 Å². The van der Waals surface area contributed by atoms with Gasteiger partial charge >= 0.3 is 0 Å². The molecule has 154 valence electrons. The number of benzene rings is 1. The Morgan fingerprint density at radius 1 is 1.11 bits per heavy atom. The predicted molar refractivity (Wildman–Crippen MR) is 112 cm³/mol. The molecule has 2 aliphatic heterocycles. The van der Waals surface area contributed by atoms with Gasteiger partial charge in [0.2, 0.25) is 0 Å². The van der Waals surface area contributed by atoms with Crippen LogP contribution in [0.15, 0.2) is 34.7 Å². The maximum absolute atomic E-state index is 6.24. The summed E-state index contributed by atoms with van der Waals surface area (Å²) in [4.78, 5) is 2.59. The van der Waals surface area contributed by atoms with E-state index in [9.17, 15) is 0 Å². The lowest BCUT2D eigenvalue weighted by molar-refractivity contribution is -0.000485. The van der Waals surface area contributed by atoms with Gasteiger partial charge in [-0.2, -0.15) is 0 Å². The van der Waals surface area contributed by atoms with Crippen molar-refractivity contribution in [1.29, 1.82) is 0 Å². The molecular weight excluding hydrogens is 352 g/mol.